The fraction of sp³-hybridized carbons (Fsp3) is 0.111. The normalized spacial score (nSPS) is 8.91. The lowest BCUT2D eigenvalue weighted by molar-refractivity contribution is 0.399. The number of benzene rings is 1. The molecular weight excluding hydrogens is 156 g/mol. The van der Waals surface area contributed by atoms with Gasteiger partial charge in [-0.1, -0.05) is 18.2 Å². The summed E-state index contributed by atoms with van der Waals surface area (Å²) in [4.78, 5) is 0. The van der Waals surface area contributed by atoms with Crippen LogP contribution in [0.15, 0.2) is 35.7 Å². The lowest BCUT2D eigenvalue weighted by atomic mass is 10.3. The van der Waals surface area contributed by atoms with Crippen LogP contribution in [0, 0.1) is 0 Å². The van der Waals surface area contributed by atoms with Gasteiger partial charge >= 0.3 is 0 Å². The smallest absolute Gasteiger partial charge is 0.0342 e. The minimum Gasteiger partial charge on any atom is -0.400 e. The average molecular weight is 166 g/mol. The fourth-order valence-corrected chi connectivity index (χ4v) is 1.70. The Kier molecular flexibility index (Phi) is 3.08. The van der Waals surface area contributed by atoms with Crippen molar-refractivity contribution >= 4 is 21.4 Å². The highest BCUT2D eigenvalue weighted by Crippen LogP contribution is 2.18. The second-order valence-corrected chi connectivity index (χ2v) is 2.91. The SMILES string of the molecule is CO.c1ccc2sccc2c1. The third-order valence-electron chi connectivity index (χ3n) is 1.36. The van der Waals surface area contributed by atoms with Gasteiger partial charge in [0, 0.05) is 11.8 Å². The van der Waals surface area contributed by atoms with E-state index in [9.17, 15) is 0 Å². The molecule has 0 aliphatic heterocycles. The number of fused-ring (bicyclic) bond motifs is 1. The van der Waals surface area contributed by atoms with Gasteiger partial charge in [-0.15, -0.1) is 11.3 Å². The molecule has 58 valence electrons. The van der Waals surface area contributed by atoms with Crippen LogP contribution in [0.3, 0.4) is 0 Å². The Labute approximate surface area is 69.9 Å². The Balaban J connectivity index is 0.000000281. The zero-order valence-corrected chi connectivity index (χ0v) is 7.14. The van der Waals surface area contributed by atoms with Crippen LogP contribution in [0.25, 0.3) is 10.1 Å². The molecule has 0 saturated carbocycles. The van der Waals surface area contributed by atoms with E-state index >= 15 is 0 Å². The summed E-state index contributed by atoms with van der Waals surface area (Å²) >= 11 is 1.79. The average Bonchev–Trinajstić information content (AvgIpc) is 2.55. The molecule has 1 aromatic carbocycles. The van der Waals surface area contributed by atoms with Gasteiger partial charge in [0.15, 0.2) is 0 Å². The van der Waals surface area contributed by atoms with Gasteiger partial charge < -0.3 is 5.11 Å². The van der Waals surface area contributed by atoms with E-state index in [-0.39, 0.29) is 0 Å². The molecule has 1 aromatic heterocycles. The summed E-state index contributed by atoms with van der Waals surface area (Å²) < 4.78 is 1.37. The standard InChI is InChI=1S/C8H6S.CH4O/c1-2-4-8-7(3-1)5-6-9-8;1-2/h1-6H;2H,1H3. The largest absolute Gasteiger partial charge is 0.400 e. The van der Waals surface area contributed by atoms with E-state index in [4.69, 9.17) is 5.11 Å². The quantitative estimate of drug-likeness (QED) is 0.637. The van der Waals surface area contributed by atoms with Gasteiger partial charge in [-0.3, -0.25) is 0 Å². The maximum Gasteiger partial charge on any atom is 0.0342 e. The lowest BCUT2D eigenvalue weighted by Gasteiger charge is -1.82. The van der Waals surface area contributed by atoms with Crippen molar-refractivity contribution in [2.24, 2.45) is 0 Å². The van der Waals surface area contributed by atoms with Gasteiger partial charge in [0.25, 0.3) is 0 Å². The molecule has 0 fully saturated rings. The molecule has 1 nitrogen and oxygen atoms in total. The molecule has 0 bridgehead atoms. The summed E-state index contributed by atoms with van der Waals surface area (Å²) in [6.45, 7) is 0. The van der Waals surface area contributed by atoms with Gasteiger partial charge in [-0.25, -0.2) is 0 Å². The van der Waals surface area contributed by atoms with Crippen LogP contribution >= 0.6 is 11.3 Å². The Hall–Kier alpha value is -0.860. The van der Waals surface area contributed by atoms with E-state index in [1.54, 1.807) is 11.3 Å². The molecule has 1 N–H and O–H groups in total. The molecule has 2 heteroatoms. The molecule has 11 heavy (non-hydrogen) atoms. The summed E-state index contributed by atoms with van der Waals surface area (Å²) in [6, 6.07) is 10.5. The minimum absolute atomic E-state index is 1.00. The summed E-state index contributed by atoms with van der Waals surface area (Å²) in [5.41, 5.74) is 0. The van der Waals surface area contributed by atoms with Gasteiger partial charge in [0.05, 0.1) is 0 Å². The number of aliphatic hydroxyl groups is 1. The van der Waals surface area contributed by atoms with Crippen LogP contribution in [-0.2, 0) is 0 Å². The summed E-state index contributed by atoms with van der Waals surface area (Å²) in [5.74, 6) is 0. The van der Waals surface area contributed by atoms with Crippen LogP contribution in [0.2, 0.25) is 0 Å². The van der Waals surface area contributed by atoms with Crippen LogP contribution in [0.1, 0.15) is 0 Å². The maximum atomic E-state index is 7.00. The number of hydrogen-bond donors (Lipinski definition) is 1. The fourth-order valence-electron chi connectivity index (χ4n) is 0.906. The monoisotopic (exact) mass is 166 g/mol. The summed E-state index contributed by atoms with van der Waals surface area (Å²) in [6.07, 6.45) is 0. The van der Waals surface area contributed by atoms with Crippen molar-refractivity contribution in [3.8, 4) is 0 Å². The van der Waals surface area contributed by atoms with Crippen molar-refractivity contribution in [1.82, 2.24) is 0 Å². The van der Waals surface area contributed by atoms with E-state index in [2.05, 4.69) is 35.7 Å². The van der Waals surface area contributed by atoms with E-state index in [0.717, 1.165) is 7.11 Å². The molecular formula is C9H10OS. The third kappa shape index (κ3) is 1.79. The zero-order valence-electron chi connectivity index (χ0n) is 6.32. The van der Waals surface area contributed by atoms with Crippen LogP contribution in [-0.4, -0.2) is 12.2 Å². The van der Waals surface area contributed by atoms with Crippen molar-refractivity contribution in [3.05, 3.63) is 35.7 Å². The number of aliphatic hydroxyl groups excluding tert-OH is 1. The lowest BCUT2D eigenvalue weighted by Crippen LogP contribution is -1.56. The Morgan fingerprint density at radius 3 is 2.55 bits per heavy atom. The number of rotatable bonds is 0. The first-order valence-electron chi connectivity index (χ1n) is 3.34. The Morgan fingerprint density at radius 1 is 1.09 bits per heavy atom. The predicted octanol–water partition coefficient (Wildman–Crippen LogP) is 2.51. The van der Waals surface area contributed by atoms with Crippen molar-refractivity contribution in [3.63, 3.8) is 0 Å². The first-order valence-corrected chi connectivity index (χ1v) is 4.22. The highest BCUT2D eigenvalue weighted by molar-refractivity contribution is 7.17. The van der Waals surface area contributed by atoms with E-state index < -0.39 is 0 Å². The van der Waals surface area contributed by atoms with Gasteiger partial charge in [-0.2, -0.15) is 0 Å². The summed E-state index contributed by atoms with van der Waals surface area (Å²) in [7, 11) is 1.00. The minimum atomic E-state index is 1.00. The van der Waals surface area contributed by atoms with Gasteiger partial charge in [0.1, 0.15) is 0 Å². The first-order chi connectivity index (χ1) is 5.47. The molecule has 2 aromatic rings. The predicted molar refractivity (Wildman–Crippen MR) is 50.0 cm³/mol. The van der Waals surface area contributed by atoms with Gasteiger partial charge in [0.2, 0.25) is 0 Å². The zero-order chi connectivity index (χ0) is 8.10. The molecule has 0 atom stereocenters. The van der Waals surface area contributed by atoms with E-state index in [1.807, 2.05) is 0 Å². The van der Waals surface area contributed by atoms with Crippen molar-refractivity contribution in [2.75, 3.05) is 7.11 Å². The molecule has 0 amide bonds. The van der Waals surface area contributed by atoms with Crippen LogP contribution in [0.4, 0.5) is 0 Å². The Bertz CT molecular complexity index is 284. The van der Waals surface area contributed by atoms with Crippen molar-refractivity contribution in [2.45, 2.75) is 0 Å². The molecule has 0 spiro atoms. The molecule has 1 heterocycles. The second kappa shape index (κ2) is 4.11. The highest BCUT2D eigenvalue weighted by atomic mass is 32.1. The molecule has 0 unspecified atom stereocenters. The second-order valence-electron chi connectivity index (χ2n) is 1.96. The molecule has 0 aliphatic rings. The third-order valence-corrected chi connectivity index (χ3v) is 2.26. The molecule has 0 radical (unpaired) electrons. The van der Waals surface area contributed by atoms with E-state index in [0.29, 0.717) is 0 Å². The number of thiophene rings is 1. The van der Waals surface area contributed by atoms with Crippen molar-refractivity contribution < 1.29 is 5.11 Å². The van der Waals surface area contributed by atoms with Crippen LogP contribution < -0.4 is 0 Å². The van der Waals surface area contributed by atoms with Crippen LogP contribution in [0.5, 0.6) is 0 Å². The topological polar surface area (TPSA) is 20.2 Å². The van der Waals surface area contributed by atoms with E-state index in [1.165, 1.54) is 10.1 Å². The molecule has 2 rings (SSSR count). The molecule has 0 saturated heterocycles. The highest BCUT2D eigenvalue weighted by Gasteiger charge is 1.87. The Morgan fingerprint density at radius 2 is 1.82 bits per heavy atom. The first kappa shape index (κ1) is 8.24. The van der Waals surface area contributed by atoms with Crippen molar-refractivity contribution in [1.29, 1.82) is 0 Å². The van der Waals surface area contributed by atoms with Gasteiger partial charge in [-0.05, 0) is 22.9 Å². The summed E-state index contributed by atoms with van der Waals surface area (Å²) in [5, 5.41) is 10.5. The molecule has 0 aliphatic carbocycles. The maximum absolute atomic E-state index is 7.00. The number of hydrogen-bond acceptors (Lipinski definition) is 2.